The lowest BCUT2D eigenvalue weighted by atomic mass is 10.2. The Labute approximate surface area is 126 Å². The van der Waals surface area contributed by atoms with Crippen molar-refractivity contribution in [1.82, 2.24) is 4.98 Å². The lowest BCUT2D eigenvalue weighted by Crippen LogP contribution is -2.05. The standard InChI is InChI=1S/C13H9BrF3N3O/c14-10-2-3-11(21)8(5-10)6-19-20-12-4-1-9(7-18-12)13(15,16)17/h1-7,21H,(H,18,20)/b19-6-. The molecule has 0 spiro atoms. The molecule has 8 heteroatoms. The van der Waals surface area contributed by atoms with Crippen molar-refractivity contribution in [3.05, 3.63) is 52.1 Å². The molecule has 0 unspecified atom stereocenters. The molecule has 0 aliphatic carbocycles. The summed E-state index contributed by atoms with van der Waals surface area (Å²) >= 11 is 3.25. The third-order valence-corrected chi connectivity index (χ3v) is 2.96. The Hall–Kier alpha value is -2.09. The molecule has 2 rings (SSSR count). The summed E-state index contributed by atoms with van der Waals surface area (Å²) in [6.45, 7) is 0. The van der Waals surface area contributed by atoms with E-state index in [0.717, 1.165) is 10.5 Å². The number of anilines is 1. The van der Waals surface area contributed by atoms with Gasteiger partial charge in [0.1, 0.15) is 11.6 Å². The topological polar surface area (TPSA) is 57.5 Å². The van der Waals surface area contributed by atoms with Crippen molar-refractivity contribution in [3.63, 3.8) is 0 Å². The Morgan fingerprint density at radius 3 is 2.62 bits per heavy atom. The molecule has 0 saturated carbocycles. The van der Waals surface area contributed by atoms with Crippen LogP contribution in [0.5, 0.6) is 5.75 Å². The van der Waals surface area contributed by atoms with Crippen LogP contribution in [-0.4, -0.2) is 16.3 Å². The maximum Gasteiger partial charge on any atom is 0.417 e. The number of nitrogens with zero attached hydrogens (tertiary/aromatic N) is 2. The number of phenols is 1. The quantitative estimate of drug-likeness (QED) is 0.642. The number of nitrogens with one attached hydrogen (secondary N) is 1. The van der Waals surface area contributed by atoms with E-state index in [1.807, 2.05) is 0 Å². The Morgan fingerprint density at radius 2 is 2.00 bits per heavy atom. The number of pyridine rings is 1. The van der Waals surface area contributed by atoms with Crippen LogP contribution in [0.15, 0.2) is 46.1 Å². The first-order valence-corrected chi connectivity index (χ1v) is 6.46. The van der Waals surface area contributed by atoms with Gasteiger partial charge in [0.25, 0.3) is 0 Å². The van der Waals surface area contributed by atoms with Gasteiger partial charge in [-0.2, -0.15) is 18.3 Å². The molecule has 0 amide bonds. The molecule has 1 aromatic carbocycles. The number of benzene rings is 1. The van der Waals surface area contributed by atoms with Crippen molar-refractivity contribution in [2.45, 2.75) is 6.18 Å². The van der Waals surface area contributed by atoms with Crippen LogP contribution < -0.4 is 5.43 Å². The largest absolute Gasteiger partial charge is 0.507 e. The monoisotopic (exact) mass is 359 g/mol. The lowest BCUT2D eigenvalue weighted by molar-refractivity contribution is -0.137. The molecule has 21 heavy (non-hydrogen) atoms. The van der Waals surface area contributed by atoms with Crippen molar-refractivity contribution in [2.24, 2.45) is 5.10 Å². The molecule has 0 bridgehead atoms. The zero-order valence-corrected chi connectivity index (χ0v) is 12.0. The second kappa shape index (κ2) is 6.13. The molecule has 0 aliphatic rings. The first-order valence-electron chi connectivity index (χ1n) is 5.67. The van der Waals surface area contributed by atoms with Crippen molar-refractivity contribution < 1.29 is 18.3 Å². The van der Waals surface area contributed by atoms with Crippen LogP contribution in [0, 0.1) is 0 Å². The molecule has 2 N–H and O–H groups in total. The number of aromatic hydroxyl groups is 1. The third kappa shape index (κ3) is 4.19. The summed E-state index contributed by atoms with van der Waals surface area (Å²) in [4.78, 5) is 3.60. The molecule has 0 saturated heterocycles. The summed E-state index contributed by atoms with van der Waals surface area (Å²) < 4.78 is 37.8. The summed E-state index contributed by atoms with van der Waals surface area (Å²) in [5, 5.41) is 13.4. The third-order valence-electron chi connectivity index (χ3n) is 2.46. The zero-order chi connectivity index (χ0) is 15.5. The summed E-state index contributed by atoms with van der Waals surface area (Å²) in [5.41, 5.74) is 2.10. The number of hydrogen-bond acceptors (Lipinski definition) is 4. The van der Waals surface area contributed by atoms with Gasteiger partial charge in [-0.3, -0.25) is 5.43 Å². The predicted molar refractivity (Wildman–Crippen MR) is 76.3 cm³/mol. The number of halogens is 4. The van der Waals surface area contributed by atoms with Crippen LogP contribution in [0.2, 0.25) is 0 Å². The normalized spacial score (nSPS) is 11.8. The van der Waals surface area contributed by atoms with E-state index in [2.05, 4.69) is 31.4 Å². The van der Waals surface area contributed by atoms with Crippen molar-refractivity contribution >= 4 is 28.0 Å². The van der Waals surface area contributed by atoms with Gasteiger partial charge in [-0.05, 0) is 30.3 Å². The van der Waals surface area contributed by atoms with E-state index < -0.39 is 11.7 Å². The summed E-state index contributed by atoms with van der Waals surface area (Å²) in [6, 6.07) is 6.86. The fourth-order valence-corrected chi connectivity index (χ4v) is 1.80. The molecule has 0 atom stereocenters. The molecule has 2 aromatic rings. The minimum absolute atomic E-state index is 0.0316. The highest BCUT2D eigenvalue weighted by Crippen LogP contribution is 2.28. The number of alkyl halides is 3. The van der Waals surface area contributed by atoms with Gasteiger partial charge in [-0.15, -0.1) is 0 Å². The molecular weight excluding hydrogens is 351 g/mol. The Morgan fingerprint density at radius 1 is 1.24 bits per heavy atom. The van der Waals surface area contributed by atoms with Gasteiger partial charge >= 0.3 is 6.18 Å². The molecule has 0 radical (unpaired) electrons. The zero-order valence-electron chi connectivity index (χ0n) is 10.4. The number of hydrazone groups is 1. The summed E-state index contributed by atoms with van der Waals surface area (Å²) in [6.07, 6.45) is -2.37. The van der Waals surface area contributed by atoms with Crippen LogP contribution in [0.25, 0.3) is 0 Å². The number of phenolic OH excluding ortho intramolecular Hbond substituents is 1. The number of rotatable bonds is 3. The van der Waals surface area contributed by atoms with E-state index in [9.17, 15) is 18.3 Å². The van der Waals surface area contributed by atoms with E-state index in [1.165, 1.54) is 18.3 Å². The average Bonchev–Trinajstić information content (AvgIpc) is 2.42. The second-order valence-corrected chi connectivity index (χ2v) is 4.92. The molecule has 110 valence electrons. The molecule has 1 aromatic heterocycles. The minimum atomic E-state index is -4.42. The molecular formula is C13H9BrF3N3O. The molecule has 0 fully saturated rings. The van der Waals surface area contributed by atoms with Gasteiger partial charge in [-0.1, -0.05) is 15.9 Å². The second-order valence-electron chi connectivity index (χ2n) is 4.00. The van der Waals surface area contributed by atoms with Crippen LogP contribution in [-0.2, 0) is 6.18 Å². The van der Waals surface area contributed by atoms with Crippen molar-refractivity contribution in [3.8, 4) is 5.75 Å². The number of hydrogen-bond donors (Lipinski definition) is 2. The minimum Gasteiger partial charge on any atom is -0.507 e. The highest BCUT2D eigenvalue weighted by atomic mass is 79.9. The fourth-order valence-electron chi connectivity index (χ4n) is 1.42. The van der Waals surface area contributed by atoms with Crippen molar-refractivity contribution in [1.29, 1.82) is 0 Å². The fraction of sp³-hybridized carbons (Fsp3) is 0.0769. The molecule has 4 nitrogen and oxygen atoms in total. The number of aromatic nitrogens is 1. The summed E-state index contributed by atoms with van der Waals surface area (Å²) in [7, 11) is 0. The van der Waals surface area contributed by atoms with E-state index in [4.69, 9.17) is 0 Å². The maximum atomic E-state index is 12.4. The first-order chi connectivity index (χ1) is 9.86. The maximum absolute atomic E-state index is 12.4. The first kappa shape index (κ1) is 15.3. The van der Waals surface area contributed by atoms with Crippen LogP contribution >= 0.6 is 15.9 Å². The van der Waals surface area contributed by atoms with Gasteiger partial charge < -0.3 is 5.11 Å². The molecule has 1 heterocycles. The average molecular weight is 360 g/mol. The van der Waals surface area contributed by atoms with Gasteiger partial charge in [0, 0.05) is 16.2 Å². The highest BCUT2D eigenvalue weighted by Gasteiger charge is 2.30. The van der Waals surface area contributed by atoms with Gasteiger partial charge in [0.2, 0.25) is 0 Å². The van der Waals surface area contributed by atoms with E-state index in [0.29, 0.717) is 11.8 Å². The summed E-state index contributed by atoms with van der Waals surface area (Å²) in [5.74, 6) is 0.192. The van der Waals surface area contributed by atoms with E-state index in [-0.39, 0.29) is 11.6 Å². The van der Waals surface area contributed by atoms with Gasteiger partial charge in [0.05, 0.1) is 11.8 Å². The Kier molecular flexibility index (Phi) is 4.46. The van der Waals surface area contributed by atoms with Gasteiger partial charge in [0.15, 0.2) is 0 Å². The Bertz CT molecular complexity index is 657. The van der Waals surface area contributed by atoms with E-state index in [1.54, 1.807) is 12.1 Å². The van der Waals surface area contributed by atoms with Crippen molar-refractivity contribution in [2.75, 3.05) is 5.43 Å². The predicted octanol–water partition coefficient (Wildman–Crippen LogP) is 4.01. The lowest BCUT2D eigenvalue weighted by Gasteiger charge is -2.06. The SMILES string of the molecule is Oc1ccc(Br)cc1/C=N\Nc1ccc(C(F)(F)F)cn1. The highest BCUT2D eigenvalue weighted by molar-refractivity contribution is 9.10. The van der Waals surface area contributed by atoms with Crippen LogP contribution in [0.4, 0.5) is 19.0 Å². The smallest absolute Gasteiger partial charge is 0.417 e. The van der Waals surface area contributed by atoms with Crippen LogP contribution in [0.3, 0.4) is 0 Å². The molecule has 0 aliphatic heterocycles. The van der Waals surface area contributed by atoms with E-state index >= 15 is 0 Å². The van der Waals surface area contributed by atoms with Crippen LogP contribution in [0.1, 0.15) is 11.1 Å². The Balaban J connectivity index is 2.06. The van der Waals surface area contributed by atoms with Gasteiger partial charge in [-0.25, -0.2) is 4.98 Å².